The van der Waals surface area contributed by atoms with Crippen LogP contribution in [0.1, 0.15) is 23.2 Å². The second-order valence-electron chi connectivity index (χ2n) is 4.11. The predicted molar refractivity (Wildman–Crippen MR) is 57.9 cm³/mol. The molecule has 1 heterocycles. The maximum Gasteiger partial charge on any atom is 0.256 e. The van der Waals surface area contributed by atoms with E-state index in [1.165, 1.54) is 0 Å². The fourth-order valence-electron chi connectivity index (χ4n) is 1.86. The third kappa shape index (κ3) is 2.31. The van der Waals surface area contributed by atoms with Crippen molar-refractivity contribution in [2.24, 2.45) is 5.92 Å². The first-order valence-electron chi connectivity index (χ1n) is 5.05. The Bertz CT molecular complexity index is 332. The summed E-state index contributed by atoms with van der Waals surface area (Å²) in [4.78, 5) is 13.5. The fourth-order valence-corrected chi connectivity index (χ4v) is 2.37. The van der Waals surface area contributed by atoms with Crippen LogP contribution in [-0.4, -0.2) is 40.0 Å². The normalized spacial score (nSPS) is 24.7. The Kier molecular flexibility index (Phi) is 2.95. The smallest absolute Gasteiger partial charge is 0.256 e. The Morgan fingerprint density at radius 3 is 3.00 bits per heavy atom. The van der Waals surface area contributed by atoms with Gasteiger partial charge >= 0.3 is 0 Å². The minimum Gasteiger partial charge on any atom is -0.341 e. The van der Waals surface area contributed by atoms with Gasteiger partial charge in [0.1, 0.15) is 0 Å². The van der Waals surface area contributed by atoms with E-state index in [1.807, 2.05) is 7.05 Å². The molecule has 4 nitrogen and oxygen atoms in total. The zero-order chi connectivity index (χ0) is 10.8. The van der Waals surface area contributed by atoms with Gasteiger partial charge in [-0.25, -0.2) is 0 Å². The van der Waals surface area contributed by atoms with E-state index in [4.69, 9.17) is 11.6 Å². The average Bonchev–Trinajstić information content (AvgIpc) is 2.66. The molecule has 0 spiro atoms. The molecule has 5 heteroatoms. The summed E-state index contributed by atoms with van der Waals surface area (Å²) in [6.45, 7) is 0.785. The Morgan fingerprint density at radius 2 is 2.47 bits per heavy atom. The number of halogens is 1. The molecule has 0 saturated heterocycles. The molecule has 0 radical (unpaired) electrons. The van der Waals surface area contributed by atoms with Crippen molar-refractivity contribution >= 4 is 17.5 Å². The second kappa shape index (κ2) is 4.23. The van der Waals surface area contributed by atoms with E-state index < -0.39 is 0 Å². The predicted octanol–water partition coefficient (Wildman–Crippen LogP) is 1.50. The van der Waals surface area contributed by atoms with Gasteiger partial charge in [-0.3, -0.25) is 9.89 Å². The molecule has 15 heavy (non-hydrogen) atoms. The number of hydrogen-bond donors (Lipinski definition) is 1. The van der Waals surface area contributed by atoms with Gasteiger partial charge in [0.25, 0.3) is 5.91 Å². The third-order valence-electron chi connectivity index (χ3n) is 2.80. The monoisotopic (exact) mass is 227 g/mol. The van der Waals surface area contributed by atoms with Crippen molar-refractivity contribution in [3.05, 3.63) is 18.0 Å². The van der Waals surface area contributed by atoms with Gasteiger partial charge in [-0.1, -0.05) is 0 Å². The van der Waals surface area contributed by atoms with Crippen LogP contribution in [-0.2, 0) is 0 Å². The number of carbonyl (C=O) groups excluding carboxylic acids is 1. The molecule has 0 atom stereocenters. The summed E-state index contributed by atoms with van der Waals surface area (Å²) >= 11 is 5.89. The van der Waals surface area contributed by atoms with Crippen molar-refractivity contribution in [1.82, 2.24) is 15.1 Å². The Morgan fingerprint density at radius 1 is 1.73 bits per heavy atom. The summed E-state index contributed by atoms with van der Waals surface area (Å²) in [5.41, 5.74) is 0.610. The lowest BCUT2D eigenvalue weighted by Crippen LogP contribution is -2.37. The topological polar surface area (TPSA) is 49.0 Å². The van der Waals surface area contributed by atoms with Crippen LogP contribution in [0.15, 0.2) is 12.4 Å². The van der Waals surface area contributed by atoms with E-state index in [0.717, 1.165) is 19.4 Å². The minimum atomic E-state index is 0.0155. The largest absolute Gasteiger partial charge is 0.341 e. The minimum absolute atomic E-state index is 0.0155. The van der Waals surface area contributed by atoms with E-state index in [-0.39, 0.29) is 5.91 Å². The lowest BCUT2D eigenvalue weighted by Gasteiger charge is -2.33. The first kappa shape index (κ1) is 10.5. The van der Waals surface area contributed by atoms with Crippen molar-refractivity contribution in [2.45, 2.75) is 18.2 Å². The molecule has 0 aromatic carbocycles. The highest BCUT2D eigenvalue weighted by Gasteiger charge is 2.29. The third-order valence-corrected chi connectivity index (χ3v) is 3.16. The van der Waals surface area contributed by atoms with Crippen LogP contribution in [0.4, 0.5) is 0 Å². The van der Waals surface area contributed by atoms with Crippen LogP contribution in [0, 0.1) is 5.92 Å². The molecule has 82 valence electrons. The number of alkyl halides is 1. The molecule has 1 aliphatic carbocycles. The molecule has 1 aliphatic rings. The lowest BCUT2D eigenvalue weighted by atomic mass is 9.84. The van der Waals surface area contributed by atoms with Gasteiger partial charge in [0.05, 0.1) is 11.8 Å². The Hall–Kier alpha value is -1.03. The van der Waals surface area contributed by atoms with Gasteiger partial charge in [-0.2, -0.15) is 5.10 Å². The van der Waals surface area contributed by atoms with Gasteiger partial charge in [-0.05, 0) is 18.8 Å². The van der Waals surface area contributed by atoms with Crippen LogP contribution < -0.4 is 0 Å². The number of rotatable bonds is 3. The zero-order valence-corrected chi connectivity index (χ0v) is 9.37. The number of aromatic nitrogens is 2. The Labute approximate surface area is 93.6 Å². The molecule has 1 aromatic heterocycles. The van der Waals surface area contributed by atoms with Crippen molar-refractivity contribution in [1.29, 1.82) is 0 Å². The lowest BCUT2D eigenvalue weighted by molar-refractivity contribution is 0.0747. The van der Waals surface area contributed by atoms with Crippen molar-refractivity contribution in [3.63, 3.8) is 0 Å². The Balaban J connectivity index is 1.86. The summed E-state index contributed by atoms with van der Waals surface area (Å²) in [5.74, 6) is 0.579. The fraction of sp³-hybridized carbons (Fsp3) is 0.600. The first-order chi connectivity index (χ1) is 7.16. The summed E-state index contributed by atoms with van der Waals surface area (Å²) in [6.07, 6.45) is 5.20. The molecular weight excluding hydrogens is 214 g/mol. The van der Waals surface area contributed by atoms with E-state index in [1.54, 1.807) is 17.3 Å². The molecule has 1 amide bonds. The van der Waals surface area contributed by atoms with Crippen molar-refractivity contribution < 1.29 is 4.79 Å². The average molecular weight is 228 g/mol. The maximum absolute atomic E-state index is 11.8. The molecule has 1 saturated carbocycles. The van der Waals surface area contributed by atoms with E-state index in [0.29, 0.717) is 16.9 Å². The van der Waals surface area contributed by atoms with Gasteiger partial charge in [0, 0.05) is 25.2 Å². The highest BCUT2D eigenvalue weighted by atomic mass is 35.5. The maximum atomic E-state index is 11.8. The highest BCUT2D eigenvalue weighted by molar-refractivity contribution is 6.21. The summed E-state index contributed by atoms with van der Waals surface area (Å²) in [7, 11) is 1.82. The van der Waals surface area contributed by atoms with E-state index in [9.17, 15) is 4.79 Å². The molecule has 0 unspecified atom stereocenters. The second-order valence-corrected chi connectivity index (χ2v) is 4.72. The van der Waals surface area contributed by atoms with Crippen LogP contribution in [0.2, 0.25) is 0 Å². The summed E-state index contributed by atoms with van der Waals surface area (Å²) < 4.78 is 0. The number of nitrogens with one attached hydrogen (secondary N) is 1. The van der Waals surface area contributed by atoms with E-state index >= 15 is 0 Å². The highest BCUT2D eigenvalue weighted by Crippen LogP contribution is 2.32. The van der Waals surface area contributed by atoms with Crippen LogP contribution in [0.25, 0.3) is 0 Å². The number of nitrogens with zero attached hydrogens (tertiary/aromatic N) is 2. The SMILES string of the molecule is CN(CC1CC(Cl)C1)C(=O)c1cn[nH]c1. The number of H-pyrrole nitrogens is 1. The van der Waals surface area contributed by atoms with E-state index in [2.05, 4.69) is 10.2 Å². The number of carbonyl (C=O) groups is 1. The van der Waals surface area contributed by atoms with Gasteiger partial charge in [0.2, 0.25) is 0 Å². The standard InChI is InChI=1S/C10H14ClN3O/c1-14(6-7-2-9(11)3-7)10(15)8-4-12-13-5-8/h4-5,7,9H,2-3,6H2,1H3,(H,12,13). The van der Waals surface area contributed by atoms with Gasteiger partial charge in [-0.15, -0.1) is 11.6 Å². The number of hydrogen-bond acceptors (Lipinski definition) is 2. The van der Waals surface area contributed by atoms with Crippen molar-refractivity contribution in [3.8, 4) is 0 Å². The molecule has 0 aliphatic heterocycles. The van der Waals surface area contributed by atoms with Crippen LogP contribution >= 0.6 is 11.6 Å². The number of aromatic amines is 1. The summed E-state index contributed by atoms with van der Waals surface area (Å²) in [5, 5.41) is 6.71. The molecule has 0 bridgehead atoms. The molecular formula is C10H14ClN3O. The summed E-state index contributed by atoms with van der Waals surface area (Å²) in [6, 6.07) is 0. The quantitative estimate of drug-likeness (QED) is 0.796. The molecule has 1 N–H and O–H groups in total. The van der Waals surface area contributed by atoms with Gasteiger partial charge < -0.3 is 4.90 Å². The van der Waals surface area contributed by atoms with Gasteiger partial charge in [0.15, 0.2) is 0 Å². The molecule has 2 rings (SSSR count). The zero-order valence-electron chi connectivity index (χ0n) is 8.61. The molecule has 1 aromatic rings. The van der Waals surface area contributed by atoms with Crippen LogP contribution in [0.3, 0.4) is 0 Å². The van der Waals surface area contributed by atoms with Crippen molar-refractivity contribution in [2.75, 3.05) is 13.6 Å². The number of amides is 1. The first-order valence-corrected chi connectivity index (χ1v) is 5.48. The van der Waals surface area contributed by atoms with Crippen LogP contribution in [0.5, 0.6) is 0 Å². The molecule has 1 fully saturated rings.